The summed E-state index contributed by atoms with van der Waals surface area (Å²) in [4.78, 5) is 10.8. The van der Waals surface area contributed by atoms with Crippen LogP contribution in [-0.2, 0) is 13.6 Å². The summed E-state index contributed by atoms with van der Waals surface area (Å²) in [5.41, 5.74) is 2.53. The second-order valence-electron chi connectivity index (χ2n) is 4.30. The summed E-state index contributed by atoms with van der Waals surface area (Å²) >= 11 is 0. The molecule has 2 aromatic rings. The van der Waals surface area contributed by atoms with Crippen molar-refractivity contribution in [1.29, 1.82) is 0 Å². The van der Waals surface area contributed by atoms with E-state index in [2.05, 4.69) is 10.4 Å². The van der Waals surface area contributed by atoms with Crippen LogP contribution in [0.3, 0.4) is 0 Å². The molecule has 6 nitrogen and oxygen atoms in total. The molecule has 100 valence electrons. The van der Waals surface area contributed by atoms with Gasteiger partial charge >= 0.3 is 5.97 Å². The highest BCUT2D eigenvalue weighted by Crippen LogP contribution is 2.22. The first-order chi connectivity index (χ1) is 8.97. The van der Waals surface area contributed by atoms with Crippen molar-refractivity contribution in [2.24, 2.45) is 7.05 Å². The predicted octanol–water partition coefficient (Wildman–Crippen LogP) is 1.74. The van der Waals surface area contributed by atoms with E-state index in [-0.39, 0.29) is 11.3 Å². The van der Waals surface area contributed by atoms with Gasteiger partial charge in [0, 0.05) is 37.1 Å². The summed E-state index contributed by atoms with van der Waals surface area (Å²) in [6.45, 7) is 2.48. The molecule has 0 bridgehead atoms. The molecule has 1 aromatic carbocycles. The van der Waals surface area contributed by atoms with Gasteiger partial charge < -0.3 is 15.5 Å². The summed E-state index contributed by atoms with van der Waals surface area (Å²) in [5.74, 6) is -1.40. The van der Waals surface area contributed by atoms with Crippen LogP contribution in [0.5, 0.6) is 5.75 Å². The molecule has 0 fully saturated rings. The number of carboxylic acid groups (broad SMARTS) is 1. The first-order valence-electron chi connectivity index (χ1n) is 5.76. The molecule has 0 saturated heterocycles. The molecular formula is C13H15N3O3. The van der Waals surface area contributed by atoms with Crippen LogP contribution in [0.2, 0.25) is 0 Å². The Bertz CT molecular complexity index is 620. The van der Waals surface area contributed by atoms with Gasteiger partial charge in [-0.25, -0.2) is 4.79 Å². The summed E-state index contributed by atoms with van der Waals surface area (Å²) in [6.07, 6.45) is 1.91. The van der Waals surface area contributed by atoms with Gasteiger partial charge in [0.05, 0.1) is 5.69 Å². The standard InChI is InChI=1S/C13H15N3O3/c1-8-9(7-16(2)15-8)6-14-10-3-4-11(13(18)19)12(17)5-10/h3-5,7,14,17H,6H2,1-2H3,(H,18,19). The van der Waals surface area contributed by atoms with Crippen molar-refractivity contribution in [3.05, 3.63) is 41.2 Å². The number of rotatable bonds is 4. The highest BCUT2D eigenvalue weighted by molar-refractivity contribution is 5.91. The van der Waals surface area contributed by atoms with E-state index in [9.17, 15) is 9.90 Å². The van der Waals surface area contributed by atoms with Crippen LogP contribution in [0.15, 0.2) is 24.4 Å². The monoisotopic (exact) mass is 261 g/mol. The Morgan fingerprint density at radius 1 is 1.47 bits per heavy atom. The van der Waals surface area contributed by atoms with E-state index in [1.54, 1.807) is 10.7 Å². The van der Waals surface area contributed by atoms with E-state index < -0.39 is 5.97 Å². The Hall–Kier alpha value is -2.50. The highest BCUT2D eigenvalue weighted by Gasteiger charge is 2.10. The lowest BCUT2D eigenvalue weighted by Gasteiger charge is -2.07. The quantitative estimate of drug-likeness (QED) is 0.780. The van der Waals surface area contributed by atoms with Gasteiger partial charge in [-0.2, -0.15) is 5.10 Å². The number of carbonyl (C=O) groups is 1. The van der Waals surface area contributed by atoms with Crippen LogP contribution in [0.4, 0.5) is 5.69 Å². The van der Waals surface area contributed by atoms with Crippen molar-refractivity contribution < 1.29 is 15.0 Å². The normalized spacial score (nSPS) is 10.4. The van der Waals surface area contributed by atoms with Crippen molar-refractivity contribution in [2.75, 3.05) is 5.32 Å². The third-order valence-corrected chi connectivity index (χ3v) is 2.83. The van der Waals surface area contributed by atoms with Crippen molar-refractivity contribution in [2.45, 2.75) is 13.5 Å². The molecule has 0 radical (unpaired) electrons. The number of anilines is 1. The molecule has 0 amide bonds. The Labute approximate surface area is 110 Å². The van der Waals surface area contributed by atoms with E-state index >= 15 is 0 Å². The van der Waals surface area contributed by atoms with Gasteiger partial charge in [0.2, 0.25) is 0 Å². The Morgan fingerprint density at radius 2 is 2.21 bits per heavy atom. The minimum Gasteiger partial charge on any atom is -0.507 e. The molecule has 0 aliphatic carbocycles. The fourth-order valence-electron chi connectivity index (χ4n) is 1.84. The van der Waals surface area contributed by atoms with Gasteiger partial charge in [-0.05, 0) is 19.1 Å². The SMILES string of the molecule is Cc1nn(C)cc1CNc1ccc(C(=O)O)c(O)c1. The van der Waals surface area contributed by atoms with E-state index in [0.29, 0.717) is 12.2 Å². The fourth-order valence-corrected chi connectivity index (χ4v) is 1.84. The molecule has 3 N–H and O–H groups in total. The minimum absolute atomic E-state index is 0.108. The zero-order valence-electron chi connectivity index (χ0n) is 10.7. The Morgan fingerprint density at radius 3 is 2.74 bits per heavy atom. The molecular weight excluding hydrogens is 246 g/mol. The second kappa shape index (κ2) is 5.01. The van der Waals surface area contributed by atoms with Crippen molar-refractivity contribution in [3.8, 4) is 5.75 Å². The van der Waals surface area contributed by atoms with Gasteiger partial charge in [0.15, 0.2) is 0 Å². The minimum atomic E-state index is -1.15. The highest BCUT2D eigenvalue weighted by atomic mass is 16.4. The summed E-state index contributed by atoms with van der Waals surface area (Å²) in [6, 6.07) is 4.39. The number of phenols is 1. The molecule has 2 rings (SSSR count). The van der Waals surface area contributed by atoms with Crippen molar-refractivity contribution in [1.82, 2.24) is 9.78 Å². The van der Waals surface area contributed by atoms with Crippen LogP contribution in [-0.4, -0.2) is 26.0 Å². The number of aromatic nitrogens is 2. The van der Waals surface area contributed by atoms with Crippen LogP contribution in [0.1, 0.15) is 21.6 Å². The maximum atomic E-state index is 10.8. The first kappa shape index (κ1) is 12.9. The molecule has 1 heterocycles. The van der Waals surface area contributed by atoms with Crippen LogP contribution >= 0.6 is 0 Å². The summed E-state index contributed by atoms with van der Waals surface area (Å²) in [7, 11) is 1.85. The molecule has 0 spiro atoms. The number of benzene rings is 1. The summed E-state index contributed by atoms with van der Waals surface area (Å²) < 4.78 is 1.73. The number of hydrogen-bond acceptors (Lipinski definition) is 4. The van der Waals surface area contributed by atoms with Crippen LogP contribution in [0.25, 0.3) is 0 Å². The maximum Gasteiger partial charge on any atom is 0.339 e. The van der Waals surface area contributed by atoms with Gasteiger partial charge in [-0.3, -0.25) is 4.68 Å². The number of carboxylic acids is 1. The zero-order valence-corrected chi connectivity index (χ0v) is 10.7. The molecule has 19 heavy (non-hydrogen) atoms. The predicted molar refractivity (Wildman–Crippen MR) is 70.3 cm³/mol. The molecule has 0 aliphatic rings. The first-order valence-corrected chi connectivity index (χ1v) is 5.76. The third-order valence-electron chi connectivity index (χ3n) is 2.83. The number of aromatic hydroxyl groups is 1. The lowest BCUT2D eigenvalue weighted by atomic mass is 10.1. The largest absolute Gasteiger partial charge is 0.507 e. The number of aromatic carboxylic acids is 1. The van der Waals surface area contributed by atoms with Crippen LogP contribution < -0.4 is 5.32 Å². The number of nitrogens with one attached hydrogen (secondary N) is 1. The molecule has 6 heteroatoms. The third kappa shape index (κ3) is 2.85. The van der Waals surface area contributed by atoms with Crippen LogP contribution in [0, 0.1) is 6.92 Å². The van der Waals surface area contributed by atoms with Gasteiger partial charge in [-0.1, -0.05) is 0 Å². The van der Waals surface area contributed by atoms with E-state index in [1.807, 2.05) is 20.2 Å². The zero-order chi connectivity index (χ0) is 14.0. The fraction of sp³-hybridized carbons (Fsp3) is 0.231. The van der Waals surface area contributed by atoms with Gasteiger partial charge in [0.25, 0.3) is 0 Å². The number of aryl methyl sites for hydroxylation is 2. The second-order valence-corrected chi connectivity index (χ2v) is 4.30. The van der Waals surface area contributed by atoms with E-state index in [4.69, 9.17) is 5.11 Å². The van der Waals surface area contributed by atoms with E-state index in [1.165, 1.54) is 12.1 Å². The van der Waals surface area contributed by atoms with E-state index in [0.717, 1.165) is 11.3 Å². The lowest BCUT2D eigenvalue weighted by molar-refractivity contribution is 0.0694. The maximum absolute atomic E-state index is 10.8. The average molecular weight is 261 g/mol. The molecule has 0 aliphatic heterocycles. The Balaban J connectivity index is 2.10. The molecule has 0 unspecified atom stereocenters. The topological polar surface area (TPSA) is 87.4 Å². The Kier molecular flexibility index (Phi) is 3.41. The molecule has 1 aromatic heterocycles. The number of nitrogens with zero attached hydrogens (tertiary/aromatic N) is 2. The average Bonchev–Trinajstić information content (AvgIpc) is 2.65. The van der Waals surface area contributed by atoms with Crippen molar-refractivity contribution in [3.63, 3.8) is 0 Å². The number of hydrogen-bond donors (Lipinski definition) is 3. The lowest BCUT2D eigenvalue weighted by Crippen LogP contribution is -2.01. The van der Waals surface area contributed by atoms with Crippen molar-refractivity contribution >= 4 is 11.7 Å². The smallest absolute Gasteiger partial charge is 0.339 e. The molecule has 0 saturated carbocycles. The van der Waals surface area contributed by atoms with Gasteiger partial charge in [0.1, 0.15) is 11.3 Å². The van der Waals surface area contributed by atoms with Gasteiger partial charge in [-0.15, -0.1) is 0 Å². The summed E-state index contributed by atoms with van der Waals surface area (Å²) in [5, 5.41) is 25.7. The molecule has 0 atom stereocenters.